The van der Waals surface area contributed by atoms with Gasteiger partial charge in [0.15, 0.2) is 11.6 Å². The maximum Gasteiger partial charge on any atom is 0.227 e. The van der Waals surface area contributed by atoms with Crippen molar-refractivity contribution in [3.63, 3.8) is 0 Å². The van der Waals surface area contributed by atoms with Crippen LogP contribution in [0.2, 0.25) is 0 Å². The molecule has 2 unspecified atom stereocenters. The van der Waals surface area contributed by atoms with Crippen molar-refractivity contribution in [2.45, 2.75) is 38.1 Å². The van der Waals surface area contributed by atoms with Gasteiger partial charge >= 0.3 is 0 Å². The molecular formula is C17H23ClF2N2O2. The summed E-state index contributed by atoms with van der Waals surface area (Å²) in [6, 6.07) is 1.99. The number of nitrogens with two attached hydrogens (primary N) is 1. The van der Waals surface area contributed by atoms with Gasteiger partial charge in [-0.15, -0.1) is 12.4 Å². The van der Waals surface area contributed by atoms with E-state index in [1.54, 1.807) is 0 Å². The number of halogens is 3. The average Bonchev–Trinajstić information content (AvgIpc) is 2.46. The normalized spacial score (nSPS) is 28.7. The maximum absolute atomic E-state index is 13.7. The van der Waals surface area contributed by atoms with Crippen LogP contribution in [0.4, 0.5) is 14.5 Å². The Labute approximate surface area is 146 Å². The molecule has 24 heavy (non-hydrogen) atoms. The van der Waals surface area contributed by atoms with Crippen molar-refractivity contribution in [2.24, 2.45) is 23.5 Å². The molecule has 4 nitrogen and oxygen atoms in total. The van der Waals surface area contributed by atoms with E-state index in [0.29, 0.717) is 11.8 Å². The number of amides is 1. The van der Waals surface area contributed by atoms with Crippen LogP contribution < -0.4 is 15.8 Å². The Morgan fingerprint density at radius 2 is 1.88 bits per heavy atom. The van der Waals surface area contributed by atoms with E-state index in [1.807, 2.05) is 0 Å². The van der Waals surface area contributed by atoms with E-state index in [0.717, 1.165) is 37.8 Å². The molecule has 0 aliphatic heterocycles. The van der Waals surface area contributed by atoms with E-state index in [2.05, 4.69) is 5.32 Å². The van der Waals surface area contributed by atoms with Gasteiger partial charge in [-0.05, 0) is 37.5 Å². The second kappa shape index (κ2) is 7.66. The Hall–Kier alpha value is -1.40. The summed E-state index contributed by atoms with van der Waals surface area (Å²) >= 11 is 0. The van der Waals surface area contributed by atoms with Gasteiger partial charge in [0.05, 0.1) is 12.8 Å². The minimum atomic E-state index is -0.828. The first kappa shape index (κ1) is 18.9. The lowest BCUT2D eigenvalue weighted by Gasteiger charge is -2.43. The summed E-state index contributed by atoms with van der Waals surface area (Å²) in [6.07, 6.45) is 4.76. The number of anilines is 1. The molecule has 3 rings (SSSR count). The first-order valence-corrected chi connectivity index (χ1v) is 8.09. The van der Waals surface area contributed by atoms with E-state index >= 15 is 0 Å². The van der Waals surface area contributed by atoms with Crippen molar-refractivity contribution in [3.8, 4) is 5.75 Å². The lowest BCUT2D eigenvalue weighted by atomic mass is 9.65. The largest absolute Gasteiger partial charge is 0.492 e. The van der Waals surface area contributed by atoms with Crippen molar-refractivity contribution in [2.75, 3.05) is 12.4 Å². The highest BCUT2D eigenvalue weighted by Crippen LogP contribution is 2.42. The van der Waals surface area contributed by atoms with Crippen LogP contribution in [0.1, 0.15) is 32.1 Å². The fourth-order valence-corrected chi connectivity index (χ4v) is 4.10. The number of carbonyl (C=O) groups excluding carboxylic acids is 1. The van der Waals surface area contributed by atoms with Crippen LogP contribution in [-0.2, 0) is 4.79 Å². The zero-order valence-electron chi connectivity index (χ0n) is 13.6. The third kappa shape index (κ3) is 3.64. The standard InChI is InChI=1S/C17H22F2N2O2.ClH/c1-23-16-13(19)7-12(18)8-14(16)21-17(22)11-5-9-3-2-4-10(6-11)15(9)20;/h7-11,15H,2-6,20H2,1H3,(H,21,22);1H. The number of nitrogens with one attached hydrogen (secondary N) is 1. The van der Waals surface area contributed by atoms with Crippen molar-refractivity contribution in [3.05, 3.63) is 23.8 Å². The van der Waals surface area contributed by atoms with Crippen molar-refractivity contribution in [1.29, 1.82) is 0 Å². The van der Waals surface area contributed by atoms with Crippen LogP contribution in [0.15, 0.2) is 12.1 Å². The molecule has 0 spiro atoms. The van der Waals surface area contributed by atoms with Crippen LogP contribution >= 0.6 is 12.4 Å². The summed E-state index contributed by atoms with van der Waals surface area (Å²) in [4.78, 5) is 12.5. The number of fused-ring (bicyclic) bond motifs is 2. The summed E-state index contributed by atoms with van der Waals surface area (Å²) in [7, 11) is 1.29. The van der Waals surface area contributed by atoms with E-state index in [4.69, 9.17) is 10.5 Å². The third-order valence-electron chi connectivity index (χ3n) is 5.25. The summed E-state index contributed by atoms with van der Waals surface area (Å²) in [5.41, 5.74) is 6.27. The molecule has 0 heterocycles. The van der Waals surface area contributed by atoms with Crippen molar-refractivity contribution >= 4 is 24.0 Å². The average molecular weight is 361 g/mol. The van der Waals surface area contributed by atoms with Crippen LogP contribution in [-0.4, -0.2) is 19.1 Å². The molecule has 1 aromatic rings. The monoisotopic (exact) mass is 360 g/mol. The molecule has 2 bridgehead atoms. The van der Waals surface area contributed by atoms with E-state index in [9.17, 15) is 13.6 Å². The van der Waals surface area contributed by atoms with Crippen molar-refractivity contribution < 1.29 is 18.3 Å². The predicted molar refractivity (Wildman–Crippen MR) is 90.3 cm³/mol. The minimum absolute atomic E-state index is 0. The molecule has 1 amide bonds. The van der Waals surface area contributed by atoms with Crippen LogP contribution in [0.5, 0.6) is 5.75 Å². The Morgan fingerprint density at radius 3 is 2.46 bits per heavy atom. The van der Waals surface area contributed by atoms with Gasteiger partial charge in [-0.25, -0.2) is 8.78 Å². The summed E-state index contributed by atoms with van der Waals surface area (Å²) in [5, 5.41) is 2.63. The van der Waals surface area contributed by atoms with Gasteiger partial charge < -0.3 is 15.8 Å². The zero-order valence-corrected chi connectivity index (χ0v) is 14.4. The second-order valence-electron chi connectivity index (χ2n) is 6.65. The van der Waals surface area contributed by atoms with Gasteiger partial charge in [0.2, 0.25) is 5.91 Å². The highest BCUT2D eigenvalue weighted by atomic mass is 35.5. The Bertz CT molecular complexity index is 600. The number of hydrogen-bond acceptors (Lipinski definition) is 3. The Morgan fingerprint density at radius 1 is 1.25 bits per heavy atom. The minimum Gasteiger partial charge on any atom is -0.492 e. The third-order valence-corrected chi connectivity index (χ3v) is 5.25. The smallest absolute Gasteiger partial charge is 0.227 e. The van der Waals surface area contributed by atoms with Gasteiger partial charge in [-0.2, -0.15) is 0 Å². The van der Waals surface area contributed by atoms with Crippen LogP contribution in [0.3, 0.4) is 0 Å². The number of carbonyl (C=O) groups is 1. The highest BCUT2D eigenvalue weighted by molar-refractivity contribution is 5.94. The molecule has 0 saturated heterocycles. The first-order valence-electron chi connectivity index (χ1n) is 8.09. The molecule has 2 saturated carbocycles. The number of ether oxygens (including phenoxy) is 1. The van der Waals surface area contributed by atoms with Gasteiger partial charge in [-0.1, -0.05) is 6.42 Å². The summed E-state index contributed by atoms with van der Waals surface area (Å²) in [5.74, 6) is -1.37. The molecule has 1 aromatic carbocycles. The highest BCUT2D eigenvalue weighted by Gasteiger charge is 2.40. The maximum atomic E-state index is 13.7. The molecular weight excluding hydrogens is 338 g/mol. The topological polar surface area (TPSA) is 64.3 Å². The molecule has 0 radical (unpaired) electrons. The lowest BCUT2D eigenvalue weighted by Crippen LogP contribution is -2.48. The molecule has 3 N–H and O–H groups in total. The molecule has 2 atom stereocenters. The molecule has 7 heteroatoms. The van der Waals surface area contributed by atoms with Gasteiger partial charge in [0.1, 0.15) is 5.82 Å². The predicted octanol–water partition coefficient (Wildman–Crippen LogP) is 3.49. The number of benzene rings is 1. The lowest BCUT2D eigenvalue weighted by molar-refractivity contribution is -0.122. The molecule has 0 aromatic heterocycles. The number of rotatable bonds is 3. The summed E-state index contributed by atoms with van der Waals surface area (Å²) in [6.45, 7) is 0. The van der Waals surface area contributed by atoms with Crippen molar-refractivity contribution in [1.82, 2.24) is 0 Å². The van der Waals surface area contributed by atoms with E-state index < -0.39 is 11.6 Å². The Kier molecular flexibility index (Phi) is 6.04. The fourth-order valence-electron chi connectivity index (χ4n) is 4.10. The molecule has 2 aliphatic rings. The summed E-state index contributed by atoms with van der Waals surface area (Å²) < 4.78 is 32.1. The van der Waals surface area contributed by atoms with E-state index in [-0.39, 0.29) is 41.7 Å². The molecule has 2 fully saturated rings. The van der Waals surface area contributed by atoms with Gasteiger partial charge in [0.25, 0.3) is 0 Å². The molecule has 134 valence electrons. The second-order valence-corrected chi connectivity index (χ2v) is 6.65. The van der Waals surface area contributed by atoms with E-state index in [1.165, 1.54) is 13.5 Å². The SMILES string of the molecule is COc1c(F)cc(F)cc1NC(=O)C1CC2CCCC(C1)C2N.Cl. The number of methoxy groups -OCH3 is 1. The first-order chi connectivity index (χ1) is 11.0. The van der Waals surface area contributed by atoms with Crippen LogP contribution in [0, 0.1) is 29.4 Å². The zero-order chi connectivity index (χ0) is 16.6. The molecule has 2 aliphatic carbocycles. The van der Waals surface area contributed by atoms with Gasteiger partial charge in [-0.3, -0.25) is 4.79 Å². The fraction of sp³-hybridized carbons (Fsp3) is 0.588. The quantitative estimate of drug-likeness (QED) is 0.867. The van der Waals surface area contributed by atoms with Gasteiger partial charge in [0, 0.05) is 24.1 Å². The van der Waals surface area contributed by atoms with Crippen LogP contribution in [0.25, 0.3) is 0 Å². The Balaban J connectivity index is 0.00000208. The number of hydrogen-bond donors (Lipinski definition) is 2.